The van der Waals surface area contributed by atoms with Crippen LogP contribution in [-0.2, 0) is 0 Å². The van der Waals surface area contributed by atoms with E-state index in [-0.39, 0.29) is 0 Å². The van der Waals surface area contributed by atoms with Crippen LogP contribution in [0.1, 0.15) is 10.4 Å². The number of aldehydes is 1. The van der Waals surface area contributed by atoms with Gasteiger partial charge in [0.2, 0.25) is 0 Å². The van der Waals surface area contributed by atoms with Crippen LogP contribution in [0.5, 0.6) is 5.75 Å². The summed E-state index contributed by atoms with van der Waals surface area (Å²) in [5, 5.41) is 1.87. The molecule has 3 nitrogen and oxygen atoms in total. The summed E-state index contributed by atoms with van der Waals surface area (Å²) < 4.78 is 5.22. The lowest BCUT2D eigenvalue weighted by atomic mass is 10.0. The maximum absolute atomic E-state index is 10.8. The molecular formula is C12H11NO2. The van der Waals surface area contributed by atoms with Crippen molar-refractivity contribution in [3.05, 3.63) is 35.9 Å². The lowest BCUT2D eigenvalue weighted by Gasteiger charge is -2.10. The standard InChI is InChI=1S/C12H11NO2/c1-15-12-10-5-3-2-4-8(10)6-9(7-14)11(12)13/h2-7H,13H2,1H3. The van der Waals surface area contributed by atoms with E-state index in [0.29, 0.717) is 17.0 Å². The van der Waals surface area contributed by atoms with E-state index in [1.807, 2.05) is 24.3 Å². The van der Waals surface area contributed by atoms with Gasteiger partial charge in [-0.05, 0) is 11.5 Å². The van der Waals surface area contributed by atoms with Crippen LogP contribution in [0.3, 0.4) is 0 Å². The summed E-state index contributed by atoms with van der Waals surface area (Å²) in [5.74, 6) is 0.565. The minimum Gasteiger partial charge on any atom is -0.494 e. The second kappa shape index (κ2) is 3.61. The number of ether oxygens (including phenoxy) is 1. The molecule has 76 valence electrons. The third-order valence-corrected chi connectivity index (χ3v) is 2.40. The molecule has 0 aliphatic heterocycles. The van der Waals surface area contributed by atoms with Crippen molar-refractivity contribution in [2.24, 2.45) is 0 Å². The lowest BCUT2D eigenvalue weighted by molar-refractivity contribution is 0.112. The minimum atomic E-state index is 0.395. The second-order valence-corrected chi connectivity index (χ2v) is 3.25. The van der Waals surface area contributed by atoms with E-state index in [9.17, 15) is 4.79 Å². The molecule has 0 unspecified atom stereocenters. The van der Waals surface area contributed by atoms with Crippen molar-refractivity contribution in [1.29, 1.82) is 0 Å². The zero-order chi connectivity index (χ0) is 10.8. The van der Waals surface area contributed by atoms with Crippen molar-refractivity contribution in [2.45, 2.75) is 0 Å². The fraction of sp³-hybridized carbons (Fsp3) is 0.0833. The summed E-state index contributed by atoms with van der Waals surface area (Å²) in [7, 11) is 1.55. The van der Waals surface area contributed by atoms with Gasteiger partial charge in [0.25, 0.3) is 0 Å². The predicted molar refractivity (Wildman–Crippen MR) is 60.3 cm³/mol. The van der Waals surface area contributed by atoms with Crippen molar-refractivity contribution in [3.63, 3.8) is 0 Å². The third kappa shape index (κ3) is 1.42. The van der Waals surface area contributed by atoms with Crippen LogP contribution >= 0.6 is 0 Å². The number of nitrogen functional groups attached to an aromatic ring is 1. The summed E-state index contributed by atoms with van der Waals surface area (Å²) >= 11 is 0. The molecule has 0 heterocycles. The molecule has 0 atom stereocenters. The molecule has 0 saturated heterocycles. The first kappa shape index (κ1) is 9.52. The fourth-order valence-electron chi connectivity index (χ4n) is 1.67. The van der Waals surface area contributed by atoms with Gasteiger partial charge in [0.1, 0.15) is 5.75 Å². The highest BCUT2D eigenvalue weighted by atomic mass is 16.5. The van der Waals surface area contributed by atoms with E-state index in [1.54, 1.807) is 13.2 Å². The van der Waals surface area contributed by atoms with Gasteiger partial charge in [-0.2, -0.15) is 0 Å². The van der Waals surface area contributed by atoms with Crippen molar-refractivity contribution < 1.29 is 9.53 Å². The van der Waals surface area contributed by atoms with Gasteiger partial charge in [-0.15, -0.1) is 0 Å². The molecule has 0 bridgehead atoms. The van der Waals surface area contributed by atoms with E-state index in [2.05, 4.69) is 0 Å². The number of hydrogen-bond acceptors (Lipinski definition) is 3. The number of methoxy groups -OCH3 is 1. The number of benzene rings is 2. The van der Waals surface area contributed by atoms with E-state index in [1.165, 1.54) is 0 Å². The molecule has 2 aromatic rings. The highest BCUT2D eigenvalue weighted by molar-refractivity contribution is 6.00. The van der Waals surface area contributed by atoms with Gasteiger partial charge in [0.05, 0.1) is 12.8 Å². The zero-order valence-electron chi connectivity index (χ0n) is 8.36. The number of anilines is 1. The van der Waals surface area contributed by atoms with Crippen LogP contribution in [0.4, 0.5) is 5.69 Å². The molecular weight excluding hydrogens is 190 g/mol. The summed E-state index contributed by atoms with van der Waals surface area (Å²) in [6, 6.07) is 9.42. The number of carbonyl (C=O) groups excluding carboxylic acids is 1. The Kier molecular flexibility index (Phi) is 2.29. The van der Waals surface area contributed by atoms with Crippen LogP contribution in [0.15, 0.2) is 30.3 Å². The van der Waals surface area contributed by atoms with E-state index in [4.69, 9.17) is 10.5 Å². The molecule has 0 spiro atoms. The molecule has 2 rings (SSSR count). The van der Waals surface area contributed by atoms with Crippen molar-refractivity contribution >= 4 is 22.7 Å². The zero-order valence-corrected chi connectivity index (χ0v) is 8.36. The smallest absolute Gasteiger partial charge is 0.152 e. The number of carbonyl (C=O) groups is 1. The molecule has 2 N–H and O–H groups in total. The molecule has 0 aliphatic rings. The quantitative estimate of drug-likeness (QED) is 0.598. The van der Waals surface area contributed by atoms with Crippen LogP contribution in [0, 0.1) is 0 Å². The van der Waals surface area contributed by atoms with Crippen molar-refractivity contribution in [2.75, 3.05) is 12.8 Å². The molecule has 0 radical (unpaired) electrons. The van der Waals surface area contributed by atoms with E-state index in [0.717, 1.165) is 17.1 Å². The van der Waals surface area contributed by atoms with Gasteiger partial charge in [-0.3, -0.25) is 4.79 Å². The van der Waals surface area contributed by atoms with E-state index < -0.39 is 0 Å². The average Bonchev–Trinajstić information content (AvgIpc) is 2.28. The molecule has 0 saturated carbocycles. The molecule has 2 aromatic carbocycles. The number of rotatable bonds is 2. The summed E-state index contributed by atoms with van der Waals surface area (Å²) in [5.41, 5.74) is 6.67. The van der Waals surface area contributed by atoms with Crippen LogP contribution < -0.4 is 10.5 Å². The topological polar surface area (TPSA) is 52.3 Å². The van der Waals surface area contributed by atoms with Gasteiger partial charge < -0.3 is 10.5 Å². The fourth-order valence-corrected chi connectivity index (χ4v) is 1.67. The van der Waals surface area contributed by atoms with Crippen molar-refractivity contribution in [1.82, 2.24) is 0 Å². The monoisotopic (exact) mass is 201 g/mol. The maximum atomic E-state index is 10.8. The normalized spacial score (nSPS) is 10.2. The summed E-state index contributed by atoms with van der Waals surface area (Å²) in [6.45, 7) is 0. The summed E-state index contributed by atoms with van der Waals surface area (Å²) in [6.07, 6.45) is 0.740. The van der Waals surface area contributed by atoms with Crippen LogP contribution in [-0.4, -0.2) is 13.4 Å². The first-order chi connectivity index (χ1) is 7.27. The molecule has 0 fully saturated rings. The summed E-state index contributed by atoms with van der Waals surface area (Å²) in [4.78, 5) is 10.8. The SMILES string of the molecule is COc1c(N)c(C=O)cc2ccccc12. The van der Waals surface area contributed by atoms with Crippen molar-refractivity contribution in [3.8, 4) is 5.75 Å². The van der Waals surface area contributed by atoms with Gasteiger partial charge >= 0.3 is 0 Å². The first-order valence-corrected chi connectivity index (χ1v) is 4.58. The Morgan fingerprint density at radius 2 is 2.07 bits per heavy atom. The molecule has 3 heteroatoms. The maximum Gasteiger partial charge on any atom is 0.152 e. The number of fused-ring (bicyclic) bond motifs is 1. The average molecular weight is 201 g/mol. The first-order valence-electron chi connectivity index (χ1n) is 4.58. The predicted octanol–water partition coefficient (Wildman–Crippen LogP) is 2.24. The van der Waals surface area contributed by atoms with Crippen LogP contribution in [0.25, 0.3) is 10.8 Å². The molecule has 0 aromatic heterocycles. The van der Waals surface area contributed by atoms with Gasteiger partial charge in [0.15, 0.2) is 6.29 Å². The number of nitrogens with two attached hydrogens (primary N) is 1. The molecule has 0 amide bonds. The van der Waals surface area contributed by atoms with Crippen LogP contribution in [0.2, 0.25) is 0 Å². The second-order valence-electron chi connectivity index (χ2n) is 3.25. The largest absolute Gasteiger partial charge is 0.494 e. The van der Waals surface area contributed by atoms with Gasteiger partial charge in [0, 0.05) is 10.9 Å². The Morgan fingerprint density at radius 3 is 2.73 bits per heavy atom. The Balaban J connectivity index is 2.89. The highest BCUT2D eigenvalue weighted by Gasteiger charge is 2.10. The minimum absolute atomic E-state index is 0.395. The Hall–Kier alpha value is -2.03. The highest BCUT2D eigenvalue weighted by Crippen LogP contribution is 2.33. The lowest BCUT2D eigenvalue weighted by Crippen LogP contribution is -1.98. The Labute approximate surface area is 87.5 Å². The Morgan fingerprint density at radius 1 is 1.33 bits per heavy atom. The third-order valence-electron chi connectivity index (χ3n) is 2.40. The number of hydrogen-bond donors (Lipinski definition) is 1. The molecule has 15 heavy (non-hydrogen) atoms. The Bertz CT molecular complexity index is 520. The van der Waals surface area contributed by atoms with E-state index >= 15 is 0 Å². The molecule has 0 aliphatic carbocycles. The van der Waals surface area contributed by atoms with Gasteiger partial charge in [-0.1, -0.05) is 24.3 Å². The van der Waals surface area contributed by atoms with Gasteiger partial charge in [-0.25, -0.2) is 0 Å².